The number of carbonyl (C=O) groups is 2. The van der Waals surface area contributed by atoms with Crippen LogP contribution in [0.25, 0.3) is 0 Å². The van der Waals surface area contributed by atoms with Gasteiger partial charge in [0.1, 0.15) is 11.7 Å². The number of methoxy groups -OCH3 is 1. The second-order valence-electron chi connectivity index (χ2n) is 5.22. The molecule has 0 bridgehead atoms. The lowest BCUT2D eigenvalue weighted by Gasteiger charge is -2.33. The third-order valence-electron chi connectivity index (χ3n) is 3.93. The Hall–Kier alpha value is -2.05. The molecule has 0 aliphatic carbocycles. The van der Waals surface area contributed by atoms with E-state index in [2.05, 4.69) is 5.10 Å². The number of rotatable bonds is 3. The summed E-state index contributed by atoms with van der Waals surface area (Å²) < 4.78 is 6.31. The summed E-state index contributed by atoms with van der Waals surface area (Å²) in [4.78, 5) is 26.2. The van der Waals surface area contributed by atoms with Crippen molar-refractivity contribution in [1.29, 1.82) is 0 Å². The third-order valence-corrected chi connectivity index (χ3v) is 3.93. The number of carbonyl (C=O) groups excluding carboxylic acids is 2. The second kappa shape index (κ2) is 6.15. The summed E-state index contributed by atoms with van der Waals surface area (Å²) in [6.45, 7) is 2.47. The summed E-state index contributed by atoms with van der Waals surface area (Å²) in [5.41, 5.74) is 7.48. The average Bonchev–Trinajstić information content (AvgIpc) is 2.80. The molecule has 0 aromatic carbocycles. The fourth-order valence-electron chi connectivity index (χ4n) is 2.80. The van der Waals surface area contributed by atoms with E-state index in [0.717, 1.165) is 12.8 Å². The average molecular weight is 294 g/mol. The summed E-state index contributed by atoms with van der Waals surface area (Å²) in [5.74, 6) is -0.628. The molecule has 7 nitrogen and oxygen atoms in total. The van der Waals surface area contributed by atoms with E-state index in [0.29, 0.717) is 36.5 Å². The first-order chi connectivity index (χ1) is 10.0. The van der Waals surface area contributed by atoms with Gasteiger partial charge >= 0.3 is 5.97 Å². The number of piperidine rings is 1. The number of amides is 1. The van der Waals surface area contributed by atoms with Crippen molar-refractivity contribution in [2.75, 3.05) is 19.4 Å². The summed E-state index contributed by atoms with van der Waals surface area (Å²) in [7, 11) is 3.03. The van der Waals surface area contributed by atoms with E-state index >= 15 is 0 Å². The van der Waals surface area contributed by atoms with Crippen LogP contribution in [0.3, 0.4) is 0 Å². The highest BCUT2D eigenvalue weighted by Crippen LogP contribution is 2.24. The molecule has 1 aromatic heterocycles. The molecule has 116 valence electrons. The van der Waals surface area contributed by atoms with Gasteiger partial charge in [-0.3, -0.25) is 9.48 Å². The Balaban J connectivity index is 2.33. The summed E-state index contributed by atoms with van der Waals surface area (Å²) in [6.07, 6.45) is 3.06. The molecule has 2 heterocycles. The molecule has 1 aromatic rings. The lowest BCUT2D eigenvalue weighted by atomic mass is 10.0. The van der Waals surface area contributed by atoms with Crippen LogP contribution in [0.1, 0.15) is 42.4 Å². The first kappa shape index (κ1) is 15.3. The molecule has 7 heteroatoms. The fourth-order valence-corrected chi connectivity index (χ4v) is 2.80. The quantitative estimate of drug-likeness (QED) is 0.830. The minimum absolute atomic E-state index is 0.252. The van der Waals surface area contributed by atoms with E-state index in [1.54, 1.807) is 11.9 Å². The van der Waals surface area contributed by atoms with Crippen LogP contribution in [0, 0.1) is 0 Å². The van der Waals surface area contributed by atoms with Gasteiger partial charge < -0.3 is 15.4 Å². The van der Waals surface area contributed by atoms with Gasteiger partial charge in [0.15, 0.2) is 0 Å². The van der Waals surface area contributed by atoms with Crippen LogP contribution in [0.15, 0.2) is 0 Å². The highest BCUT2D eigenvalue weighted by Gasteiger charge is 2.35. The second-order valence-corrected chi connectivity index (χ2v) is 5.22. The van der Waals surface area contributed by atoms with Crippen molar-refractivity contribution in [2.45, 2.75) is 38.6 Å². The van der Waals surface area contributed by atoms with Crippen LogP contribution >= 0.6 is 0 Å². The molecule has 2 N–H and O–H groups in total. The third kappa shape index (κ3) is 2.72. The molecule has 0 saturated carbocycles. The Morgan fingerprint density at radius 3 is 2.71 bits per heavy atom. The minimum atomic E-state index is -0.532. The van der Waals surface area contributed by atoms with E-state index in [1.165, 1.54) is 11.8 Å². The van der Waals surface area contributed by atoms with Crippen LogP contribution < -0.4 is 5.73 Å². The van der Waals surface area contributed by atoms with E-state index in [9.17, 15) is 9.59 Å². The number of ether oxygens (including phenoxy) is 1. The van der Waals surface area contributed by atoms with E-state index in [1.807, 2.05) is 6.92 Å². The van der Waals surface area contributed by atoms with Crippen molar-refractivity contribution in [3.8, 4) is 0 Å². The van der Waals surface area contributed by atoms with Gasteiger partial charge in [0.2, 0.25) is 0 Å². The molecule has 1 atom stereocenters. The van der Waals surface area contributed by atoms with E-state index < -0.39 is 6.04 Å². The van der Waals surface area contributed by atoms with E-state index in [4.69, 9.17) is 10.5 Å². The number of hydrogen-bond acceptors (Lipinski definition) is 5. The highest BCUT2D eigenvalue weighted by atomic mass is 16.5. The number of anilines is 1. The molecule has 0 radical (unpaired) electrons. The molecule has 2 rings (SSSR count). The van der Waals surface area contributed by atoms with Gasteiger partial charge in [0.05, 0.1) is 18.5 Å². The Labute approximate surface area is 124 Å². The molecular weight excluding hydrogens is 272 g/mol. The van der Waals surface area contributed by atoms with Crippen molar-refractivity contribution >= 4 is 17.6 Å². The zero-order valence-corrected chi connectivity index (χ0v) is 12.8. The Kier molecular flexibility index (Phi) is 4.50. The van der Waals surface area contributed by atoms with Gasteiger partial charge in [-0.25, -0.2) is 4.79 Å². The van der Waals surface area contributed by atoms with Crippen molar-refractivity contribution in [2.24, 2.45) is 7.05 Å². The maximum Gasteiger partial charge on any atom is 0.328 e. The monoisotopic (exact) mass is 294 g/mol. The van der Waals surface area contributed by atoms with Crippen LogP contribution in [0.4, 0.5) is 5.69 Å². The van der Waals surface area contributed by atoms with Crippen molar-refractivity contribution in [3.63, 3.8) is 0 Å². The number of aryl methyl sites for hydroxylation is 2. The van der Waals surface area contributed by atoms with Gasteiger partial charge in [-0.05, 0) is 25.7 Å². The Bertz CT molecular complexity index is 553. The van der Waals surface area contributed by atoms with Gasteiger partial charge in [-0.15, -0.1) is 0 Å². The number of nitrogen functional groups attached to an aromatic ring is 1. The first-order valence-corrected chi connectivity index (χ1v) is 7.21. The van der Waals surface area contributed by atoms with Crippen molar-refractivity contribution < 1.29 is 14.3 Å². The van der Waals surface area contributed by atoms with Crippen molar-refractivity contribution in [3.05, 3.63) is 11.4 Å². The highest BCUT2D eigenvalue weighted by molar-refractivity contribution is 6.00. The van der Waals surface area contributed by atoms with Gasteiger partial charge in [-0.1, -0.05) is 6.92 Å². The van der Waals surface area contributed by atoms with E-state index in [-0.39, 0.29) is 11.9 Å². The van der Waals surface area contributed by atoms with Crippen LogP contribution in [0.5, 0.6) is 0 Å². The molecule has 21 heavy (non-hydrogen) atoms. The number of likely N-dealkylation sites (tertiary alicyclic amines) is 1. The summed E-state index contributed by atoms with van der Waals surface area (Å²) >= 11 is 0. The maximum atomic E-state index is 12.8. The van der Waals surface area contributed by atoms with Gasteiger partial charge in [0, 0.05) is 13.6 Å². The van der Waals surface area contributed by atoms with Crippen LogP contribution in [-0.2, 0) is 23.0 Å². The van der Waals surface area contributed by atoms with Crippen LogP contribution in [0.2, 0.25) is 0 Å². The SMILES string of the molecule is CCc1nn(C)c(C(=O)N2CCCCC2C(=O)OC)c1N. The van der Waals surface area contributed by atoms with Crippen LogP contribution in [-0.4, -0.2) is 46.3 Å². The normalized spacial score (nSPS) is 18.6. The zero-order chi connectivity index (χ0) is 15.6. The first-order valence-electron chi connectivity index (χ1n) is 7.21. The number of nitrogens with zero attached hydrogens (tertiary/aromatic N) is 3. The predicted octanol–water partition coefficient (Wildman–Crippen LogP) is 0.732. The topological polar surface area (TPSA) is 90.5 Å². The molecule has 0 spiro atoms. The van der Waals surface area contributed by atoms with Crippen molar-refractivity contribution in [1.82, 2.24) is 14.7 Å². The largest absolute Gasteiger partial charge is 0.467 e. The Morgan fingerprint density at radius 2 is 2.14 bits per heavy atom. The van der Waals surface area contributed by atoms with Gasteiger partial charge in [0.25, 0.3) is 5.91 Å². The Morgan fingerprint density at radius 1 is 1.43 bits per heavy atom. The molecular formula is C14H22N4O3. The summed E-state index contributed by atoms with van der Waals surface area (Å²) in [5, 5.41) is 4.26. The number of aromatic nitrogens is 2. The molecule has 1 unspecified atom stereocenters. The number of hydrogen-bond donors (Lipinski definition) is 1. The summed E-state index contributed by atoms with van der Waals surface area (Å²) in [6, 6.07) is -0.532. The predicted molar refractivity (Wildman–Crippen MR) is 77.7 cm³/mol. The molecule has 1 saturated heterocycles. The smallest absolute Gasteiger partial charge is 0.328 e. The molecule has 1 amide bonds. The lowest BCUT2D eigenvalue weighted by Crippen LogP contribution is -2.49. The maximum absolute atomic E-state index is 12.8. The number of nitrogens with two attached hydrogens (primary N) is 1. The zero-order valence-electron chi connectivity index (χ0n) is 12.8. The standard InChI is InChI=1S/C14H22N4O3/c1-4-9-11(15)12(17(2)16-9)13(19)18-8-6-5-7-10(18)14(20)21-3/h10H,4-8,15H2,1-3H3. The van der Waals surface area contributed by atoms with Gasteiger partial charge in [-0.2, -0.15) is 5.10 Å². The fraction of sp³-hybridized carbons (Fsp3) is 0.643. The molecule has 1 fully saturated rings. The number of esters is 1. The molecule has 1 aliphatic rings. The lowest BCUT2D eigenvalue weighted by molar-refractivity contribution is -0.147. The molecule has 1 aliphatic heterocycles. The minimum Gasteiger partial charge on any atom is -0.467 e.